The summed E-state index contributed by atoms with van der Waals surface area (Å²) in [5, 5.41) is 4.93. The van der Waals surface area contributed by atoms with Crippen LogP contribution in [0.5, 0.6) is 0 Å². The van der Waals surface area contributed by atoms with Crippen molar-refractivity contribution < 1.29 is 18.8 Å². The van der Waals surface area contributed by atoms with Crippen molar-refractivity contribution in [1.82, 2.24) is 19.7 Å². The minimum absolute atomic E-state index is 0.0303. The minimum Gasteiger partial charge on any atom is -0.459 e. The third kappa shape index (κ3) is 7.62. The summed E-state index contributed by atoms with van der Waals surface area (Å²) in [7, 11) is 0. The number of amides is 3. The average molecular weight is 536 g/mol. The van der Waals surface area contributed by atoms with Gasteiger partial charge in [-0.25, -0.2) is 4.98 Å². The van der Waals surface area contributed by atoms with Crippen molar-refractivity contribution >= 4 is 40.3 Å². The quantitative estimate of drug-likeness (QED) is 0.426. The van der Waals surface area contributed by atoms with Crippen LogP contribution in [0.1, 0.15) is 35.7 Å². The maximum absolute atomic E-state index is 12.8. The largest absolute Gasteiger partial charge is 0.459 e. The molecule has 38 heavy (non-hydrogen) atoms. The second-order valence-electron chi connectivity index (χ2n) is 9.37. The number of rotatable bonds is 10. The van der Waals surface area contributed by atoms with Crippen molar-refractivity contribution in [1.29, 1.82) is 0 Å². The molecule has 0 saturated carbocycles. The number of hydrogen-bond donors (Lipinski definition) is 1. The molecular weight excluding hydrogens is 502 g/mol. The SMILES string of the molecule is CC(C)N(CC(=O)Nc1nc(CC(=O)N2CCN(CC=Cc3ccccc3)CC2)cs1)C(=O)c1ccco1. The molecule has 0 aliphatic carbocycles. The first kappa shape index (κ1) is 27.3. The van der Waals surface area contributed by atoms with Crippen molar-refractivity contribution in [3.8, 4) is 0 Å². The predicted octanol–water partition coefficient (Wildman–Crippen LogP) is 3.63. The lowest BCUT2D eigenvalue weighted by Crippen LogP contribution is -2.49. The second kappa shape index (κ2) is 13.2. The zero-order valence-electron chi connectivity index (χ0n) is 21.7. The summed E-state index contributed by atoms with van der Waals surface area (Å²) in [6.07, 6.45) is 5.89. The first-order valence-electron chi connectivity index (χ1n) is 12.7. The third-order valence-corrected chi connectivity index (χ3v) is 7.07. The Morgan fingerprint density at radius 1 is 1.11 bits per heavy atom. The normalized spacial score (nSPS) is 14.2. The number of carbonyl (C=O) groups excluding carboxylic acids is 3. The van der Waals surface area contributed by atoms with Gasteiger partial charge in [0.05, 0.1) is 18.4 Å². The van der Waals surface area contributed by atoms with Gasteiger partial charge < -0.3 is 19.5 Å². The monoisotopic (exact) mass is 535 g/mol. The fourth-order valence-corrected chi connectivity index (χ4v) is 4.86. The molecule has 1 saturated heterocycles. The highest BCUT2D eigenvalue weighted by molar-refractivity contribution is 7.13. The molecule has 0 radical (unpaired) electrons. The number of nitrogens with zero attached hydrogens (tertiary/aromatic N) is 4. The summed E-state index contributed by atoms with van der Waals surface area (Å²) < 4.78 is 5.18. The molecule has 1 aliphatic rings. The fraction of sp³-hybridized carbons (Fsp3) is 0.357. The van der Waals surface area contributed by atoms with Crippen LogP contribution in [0, 0.1) is 0 Å². The van der Waals surface area contributed by atoms with Gasteiger partial charge >= 0.3 is 0 Å². The van der Waals surface area contributed by atoms with Gasteiger partial charge in [-0.2, -0.15) is 0 Å². The van der Waals surface area contributed by atoms with E-state index in [4.69, 9.17) is 4.42 Å². The van der Waals surface area contributed by atoms with Crippen LogP contribution >= 0.6 is 11.3 Å². The van der Waals surface area contributed by atoms with Gasteiger partial charge in [0, 0.05) is 44.1 Å². The summed E-state index contributed by atoms with van der Waals surface area (Å²) in [6.45, 7) is 7.41. The summed E-state index contributed by atoms with van der Waals surface area (Å²) in [6, 6.07) is 13.2. The summed E-state index contributed by atoms with van der Waals surface area (Å²) in [4.78, 5) is 48.1. The van der Waals surface area contributed by atoms with Crippen LogP contribution in [-0.4, -0.2) is 82.7 Å². The van der Waals surface area contributed by atoms with Gasteiger partial charge in [-0.15, -0.1) is 11.3 Å². The van der Waals surface area contributed by atoms with E-state index in [2.05, 4.69) is 39.5 Å². The van der Waals surface area contributed by atoms with Gasteiger partial charge in [0.15, 0.2) is 10.9 Å². The smallest absolute Gasteiger partial charge is 0.290 e. The van der Waals surface area contributed by atoms with E-state index in [1.807, 2.05) is 36.9 Å². The number of furan rings is 1. The number of thiazole rings is 1. The highest BCUT2D eigenvalue weighted by Crippen LogP contribution is 2.18. The molecule has 3 heterocycles. The van der Waals surface area contributed by atoms with Crippen molar-refractivity contribution in [3.63, 3.8) is 0 Å². The standard InChI is InChI=1S/C28H33N5O4S/c1-21(2)33(27(36)24-11-7-17-37-24)19-25(34)30-28-29-23(20-38-28)18-26(35)32-15-13-31(14-16-32)12-6-10-22-8-4-3-5-9-22/h3-11,17,20-21H,12-16,18-19H2,1-2H3,(H,29,30,34). The Bertz CT molecular complexity index is 1230. The molecule has 9 nitrogen and oxygen atoms in total. The number of nitrogens with one attached hydrogen (secondary N) is 1. The lowest BCUT2D eigenvalue weighted by Gasteiger charge is -2.34. The van der Waals surface area contributed by atoms with Crippen molar-refractivity contribution in [2.24, 2.45) is 0 Å². The Hall–Kier alpha value is -3.76. The number of benzene rings is 1. The summed E-state index contributed by atoms with van der Waals surface area (Å²) in [5.74, 6) is -0.491. The molecule has 0 unspecified atom stereocenters. The highest BCUT2D eigenvalue weighted by Gasteiger charge is 2.24. The summed E-state index contributed by atoms with van der Waals surface area (Å²) in [5.41, 5.74) is 1.80. The Balaban J connectivity index is 1.21. The zero-order chi connectivity index (χ0) is 26.9. The number of carbonyl (C=O) groups is 3. The van der Waals surface area contributed by atoms with Gasteiger partial charge in [0.1, 0.15) is 6.54 Å². The third-order valence-electron chi connectivity index (χ3n) is 6.26. The highest BCUT2D eigenvalue weighted by atomic mass is 32.1. The molecular formula is C28H33N5O4S. The first-order chi connectivity index (χ1) is 18.4. The van der Waals surface area contributed by atoms with Gasteiger partial charge in [0.2, 0.25) is 11.8 Å². The van der Waals surface area contributed by atoms with E-state index >= 15 is 0 Å². The first-order valence-corrected chi connectivity index (χ1v) is 13.6. The number of piperazine rings is 1. The molecule has 1 fully saturated rings. The van der Waals surface area contributed by atoms with Gasteiger partial charge in [-0.3, -0.25) is 19.3 Å². The van der Waals surface area contributed by atoms with Crippen molar-refractivity contribution in [3.05, 3.63) is 77.2 Å². The molecule has 0 bridgehead atoms. The van der Waals surface area contributed by atoms with Gasteiger partial charge in [-0.1, -0.05) is 42.5 Å². The number of aromatic nitrogens is 1. The van der Waals surface area contributed by atoms with E-state index in [9.17, 15) is 14.4 Å². The maximum atomic E-state index is 12.8. The second-order valence-corrected chi connectivity index (χ2v) is 10.2. The Morgan fingerprint density at radius 2 is 1.87 bits per heavy atom. The zero-order valence-corrected chi connectivity index (χ0v) is 22.5. The molecule has 10 heteroatoms. The van der Waals surface area contributed by atoms with Crippen LogP contribution in [0.4, 0.5) is 5.13 Å². The molecule has 3 amide bonds. The molecule has 0 spiro atoms. The van der Waals surface area contributed by atoms with Crippen LogP contribution in [-0.2, 0) is 16.0 Å². The summed E-state index contributed by atoms with van der Waals surface area (Å²) >= 11 is 1.26. The van der Waals surface area contributed by atoms with E-state index in [-0.39, 0.29) is 42.5 Å². The Morgan fingerprint density at radius 3 is 2.55 bits per heavy atom. The average Bonchev–Trinajstić information content (AvgIpc) is 3.60. The van der Waals surface area contributed by atoms with E-state index in [1.165, 1.54) is 28.1 Å². The molecule has 1 N–H and O–H groups in total. The molecule has 2 aromatic heterocycles. The van der Waals surface area contributed by atoms with Crippen LogP contribution in [0.3, 0.4) is 0 Å². The molecule has 1 aromatic carbocycles. The van der Waals surface area contributed by atoms with E-state index in [0.29, 0.717) is 23.9 Å². The van der Waals surface area contributed by atoms with E-state index < -0.39 is 0 Å². The fourth-order valence-electron chi connectivity index (χ4n) is 4.14. The molecule has 200 valence electrons. The predicted molar refractivity (Wildman–Crippen MR) is 148 cm³/mol. The van der Waals surface area contributed by atoms with Crippen LogP contribution in [0.25, 0.3) is 6.08 Å². The molecule has 1 aliphatic heterocycles. The van der Waals surface area contributed by atoms with E-state index in [1.54, 1.807) is 17.5 Å². The van der Waals surface area contributed by atoms with Crippen LogP contribution < -0.4 is 5.32 Å². The maximum Gasteiger partial charge on any atom is 0.290 e. The lowest BCUT2D eigenvalue weighted by molar-refractivity contribution is -0.132. The lowest BCUT2D eigenvalue weighted by atomic mass is 10.2. The van der Waals surface area contributed by atoms with E-state index in [0.717, 1.165) is 19.6 Å². The van der Waals surface area contributed by atoms with Crippen molar-refractivity contribution in [2.75, 3.05) is 44.6 Å². The van der Waals surface area contributed by atoms with Crippen LogP contribution in [0.2, 0.25) is 0 Å². The molecule has 0 atom stereocenters. The van der Waals surface area contributed by atoms with Crippen molar-refractivity contribution in [2.45, 2.75) is 26.3 Å². The topological polar surface area (TPSA) is 99.0 Å². The van der Waals surface area contributed by atoms with Crippen LogP contribution in [0.15, 0.2) is 64.6 Å². The van der Waals surface area contributed by atoms with Gasteiger partial charge in [-0.05, 0) is 31.5 Å². The molecule has 3 aromatic rings. The minimum atomic E-state index is -0.358. The Kier molecular flexibility index (Phi) is 9.45. The number of hydrogen-bond acceptors (Lipinski definition) is 7. The number of anilines is 1. The van der Waals surface area contributed by atoms with Gasteiger partial charge in [0.25, 0.3) is 5.91 Å². The molecule has 4 rings (SSSR count). The Labute approximate surface area is 226 Å².